The first-order valence-corrected chi connectivity index (χ1v) is 12.2. The second kappa shape index (κ2) is 11.3. The molecule has 0 bridgehead atoms. The van der Waals surface area contributed by atoms with Crippen molar-refractivity contribution >= 4 is 17.5 Å². The number of carbonyl (C=O) groups excluding carboxylic acids is 1. The van der Waals surface area contributed by atoms with Crippen LogP contribution in [0.4, 0.5) is 26.3 Å². The van der Waals surface area contributed by atoms with Gasteiger partial charge in [0.25, 0.3) is 5.91 Å². The van der Waals surface area contributed by atoms with Crippen LogP contribution >= 0.6 is 11.6 Å². The topological polar surface area (TPSA) is 45.2 Å². The van der Waals surface area contributed by atoms with Crippen LogP contribution in [0.25, 0.3) is 0 Å². The van der Waals surface area contributed by atoms with Crippen molar-refractivity contribution in [2.75, 3.05) is 6.54 Å². The quantitative estimate of drug-likeness (QED) is 0.341. The zero-order valence-electron chi connectivity index (χ0n) is 20.0. The fraction of sp³-hybridized carbons (Fsp3) is 0.333. The Morgan fingerprint density at radius 2 is 1.53 bits per heavy atom. The maximum absolute atomic E-state index is 13.4. The minimum atomic E-state index is -4.91. The number of carbonyl (C=O) groups is 1. The molecule has 2 aromatic carbocycles. The lowest BCUT2D eigenvalue weighted by molar-refractivity contribution is -0.143. The molecule has 38 heavy (non-hydrogen) atoms. The van der Waals surface area contributed by atoms with Gasteiger partial charge in [-0.1, -0.05) is 23.7 Å². The van der Waals surface area contributed by atoms with Crippen LogP contribution in [0.1, 0.15) is 45.5 Å². The van der Waals surface area contributed by atoms with Gasteiger partial charge >= 0.3 is 12.4 Å². The highest BCUT2D eigenvalue weighted by Crippen LogP contribution is 2.37. The molecular weight excluding hydrogens is 532 g/mol. The number of nitrogens with zero attached hydrogens (tertiary/aromatic N) is 2. The van der Waals surface area contributed by atoms with Crippen LogP contribution in [-0.4, -0.2) is 34.4 Å². The third kappa shape index (κ3) is 7.26. The summed E-state index contributed by atoms with van der Waals surface area (Å²) in [4.78, 5) is 18.4. The highest BCUT2D eigenvalue weighted by molar-refractivity contribution is 6.30. The first-order valence-electron chi connectivity index (χ1n) is 11.9. The van der Waals surface area contributed by atoms with Gasteiger partial charge in [-0.05, 0) is 72.9 Å². The van der Waals surface area contributed by atoms with E-state index in [1.807, 2.05) is 17.0 Å². The summed E-state index contributed by atoms with van der Waals surface area (Å²) in [6, 6.07) is 11.5. The largest absolute Gasteiger partial charge is 0.416 e. The zero-order chi connectivity index (χ0) is 27.5. The zero-order valence-corrected chi connectivity index (χ0v) is 20.7. The van der Waals surface area contributed by atoms with E-state index >= 15 is 0 Å². The number of rotatable bonds is 6. The number of pyridine rings is 1. The van der Waals surface area contributed by atoms with Gasteiger partial charge < -0.3 is 5.32 Å². The van der Waals surface area contributed by atoms with E-state index in [0.29, 0.717) is 36.4 Å². The normalized spacial score (nSPS) is 18.8. The first kappa shape index (κ1) is 27.9. The molecule has 1 aliphatic heterocycles. The fourth-order valence-corrected chi connectivity index (χ4v) is 4.79. The monoisotopic (exact) mass is 555 g/mol. The lowest BCUT2D eigenvalue weighted by Crippen LogP contribution is -2.50. The third-order valence-corrected chi connectivity index (χ3v) is 6.79. The summed E-state index contributed by atoms with van der Waals surface area (Å²) >= 11 is 5.99. The van der Waals surface area contributed by atoms with Gasteiger partial charge in [-0.3, -0.25) is 14.7 Å². The molecular formula is C27H24ClF6N3O. The van der Waals surface area contributed by atoms with Crippen LogP contribution in [0.5, 0.6) is 0 Å². The van der Waals surface area contributed by atoms with E-state index in [4.69, 9.17) is 11.6 Å². The molecule has 202 valence electrons. The Morgan fingerprint density at radius 1 is 0.921 bits per heavy atom. The van der Waals surface area contributed by atoms with Crippen LogP contribution in [0.15, 0.2) is 67.0 Å². The van der Waals surface area contributed by atoms with Crippen molar-refractivity contribution in [1.29, 1.82) is 0 Å². The summed E-state index contributed by atoms with van der Waals surface area (Å²) in [6.45, 7) is 0.271. The Morgan fingerprint density at radius 3 is 2.11 bits per heavy atom. The van der Waals surface area contributed by atoms with Crippen LogP contribution in [-0.2, 0) is 25.3 Å². The summed E-state index contributed by atoms with van der Waals surface area (Å²) in [5.74, 6) is -0.274. The molecule has 1 fully saturated rings. The van der Waals surface area contributed by atoms with Gasteiger partial charge in [0.05, 0.1) is 11.1 Å². The summed E-state index contributed by atoms with van der Waals surface area (Å²) in [5, 5.41) is 3.53. The number of aromatic nitrogens is 1. The summed E-state index contributed by atoms with van der Waals surface area (Å²) in [7, 11) is 0. The molecule has 0 saturated carbocycles. The standard InChI is InChI=1S/C27H24ClF6N3O/c28-22-3-1-17(2-4-22)13-24-15-23(36-25(38)19-5-8-35-9-6-19)7-10-37(24)16-18-11-20(26(29,30)31)14-21(12-18)27(32,33)34/h1-6,8-9,11-12,14,23-24H,7,10,13,15-16H2,(H,36,38)/t23-,24+/m0/s1. The molecule has 2 heterocycles. The third-order valence-electron chi connectivity index (χ3n) is 6.53. The van der Waals surface area contributed by atoms with E-state index < -0.39 is 23.5 Å². The molecule has 1 saturated heterocycles. The molecule has 3 aromatic rings. The summed E-state index contributed by atoms with van der Waals surface area (Å²) in [5.41, 5.74) is -1.40. The Balaban J connectivity index is 1.58. The number of amides is 1. The van der Waals surface area contributed by atoms with Crippen molar-refractivity contribution in [1.82, 2.24) is 15.2 Å². The van der Waals surface area contributed by atoms with Gasteiger partial charge in [0, 0.05) is 48.2 Å². The number of halogens is 7. The second-order valence-electron chi connectivity index (χ2n) is 9.30. The van der Waals surface area contributed by atoms with Gasteiger partial charge in [0.15, 0.2) is 0 Å². The van der Waals surface area contributed by atoms with E-state index in [-0.39, 0.29) is 36.2 Å². The van der Waals surface area contributed by atoms with Crippen molar-refractivity contribution < 1.29 is 31.1 Å². The highest BCUT2D eigenvalue weighted by Gasteiger charge is 2.37. The van der Waals surface area contributed by atoms with Gasteiger partial charge in [0.2, 0.25) is 0 Å². The van der Waals surface area contributed by atoms with E-state index in [1.165, 1.54) is 12.4 Å². The maximum atomic E-state index is 13.4. The van der Waals surface area contributed by atoms with E-state index in [0.717, 1.165) is 17.7 Å². The van der Waals surface area contributed by atoms with Crippen molar-refractivity contribution in [2.24, 2.45) is 0 Å². The molecule has 4 rings (SSSR count). The average Bonchev–Trinajstić information content (AvgIpc) is 2.86. The number of hydrogen-bond donors (Lipinski definition) is 1. The lowest BCUT2D eigenvalue weighted by Gasteiger charge is -2.40. The molecule has 0 aliphatic carbocycles. The average molecular weight is 556 g/mol. The first-order chi connectivity index (χ1) is 17.9. The van der Waals surface area contributed by atoms with Crippen LogP contribution < -0.4 is 5.32 Å². The van der Waals surface area contributed by atoms with Gasteiger partial charge in [0.1, 0.15) is 0 Å². The van der Waals surface area contributed by atoms with Gasteiger partial charge in [-0.2, -0.15) is 26.3 Å². The molecule has 2 atom stereocenters. The maximum Gasteiger partial charge on any atom is 0.416 e. The van der Waals surface area contributed by atoms with Crippen molar-refractivity contribution in [2.45, 2.75) is 50.2 Å². The second-order valence-corrected chi connectivity index (χ2v) is 9.74. The number of alkyl halides is 6. The molecule has 0 radical (unpaired) electrons. The number of likely N-dealkylation sites (tertiary alicyclic amines) is 1. The molecule has 1 N–H and O–H groups in total. The smallest absolute Gasteiger partial charge is 0.349 e. The SMILES string of the molecule is O=C(N[C@H]1CCN(Cc2cc(C(F)(F)F)cc(C(F)(F)F)c2)[C@H](Cc2ccc(Cl)cc2)C1)c1ccncc1. The Hall–Kier alpha value is -3.11. The van der Waals surface area contributed by atoms with Crippen molar-refractivity contribution in [3.8, 4) is 0 Å². The Kier molecular flexibility index (Phi) is 8.32. The summed E-state index contributed by atoms with van der Waals surface area (Å²) < 4.78 is 80.3. The molecule has 4 nitrogen and oxygen atoms in total. The molecule has 1 aliphatic rings. The predicted octanol–water partition coefficient (Wildman–Crippen LogP) is 6.78. The van der Waals surface area contributed by atoms with E-state index in [1.54, 1.807) is 24.3 Å². The van der Waals surface area contributed by atoms with Gasteiger partial charge in [-0.15, -0.1) is 0 Å². The number of benzene rings is 2. The fourth-order valence-electron chi connectivity index (χ4n) is 4.66. The molecule has 11 heteroatoms. The highest BCUT2D eigenvalue weighted by atomic mass is 35.5. The molecule has 1 amide bonds. The van der Waals surface area contributed by atoms with Crippen LogP contribution in [0.2, 0.25) is 5.02 Å². The minimum Gasteiger partial charge on any atom is -0.349 e. The number of nitrogens with one attached hydrogen (secondary N) is 1. The van der Waals surface area contributed by atoms with E-state index in [9.17, 15) is 31.1 Å². The molecule has 0 spiro atoms. The molecule has 1 aromatic heterocycles. The minimum absolute atomic E-state index is 0.0764. The predicted molar refractivity (Wildman–Crippen MR) is 131 cm³/mol. The van der Waals surface area contributed by atoms with E-state index in [2.05, 4.69) is 10.3 Å². The van der Waals surface area contributed by atoms with Gasteiger partial charge in [-0.25, -0.2) is 0 Å². The van der Waals surface area contributed by atoms with Crippen molar-refractivity contribution in [3.05, 3.63) is 99.8 Å². The summed E-state index contributed by atoms with van der Waals surface area (Å²) in [6.07, 6.45) is -5.39. The Bertz CT molecular complexity index is 1220. The lowest BCUT2D eigenvalue weighted by atomic mass is 9.91. The Labute approximate surface area is 220 Å². The number of hydrogen-bond acceptors (Lipinski definition) is 3. The van der Waals surface area contributed by atoms with Crippen molar-refractivity contribution in [3.63, 3.8) is 0 Å². The number of piperidine rings is 1. The molecule has 0 unspecified atom stereocenters. The van der Waals surface area contributed by atoms with Crippen LogP contribution in [0, 0.1) is 0 Å². The van der Waals surface area contributed by atoms with Crippen LogP contribution in [0.3, 0.4) is 0 Å².